The van der Waals surface area contributed by atoms with Crippen LogP contribution in [0.15, 0.2) is 5.16 Å². The minimum Gasteiger partial charge on any atom is -0.354 e. The third-order valence-corrected chi connectivity index (χ3v) is 2.06. The highest BCUT2D eigenvalue weighted by Gasteiger charge is 2.01. The molecule has 4 nitrogen and oxygen atoms in total. The molecule has 1 N–H and O–H groups in total. The van der Waals surface area contributed by atoms with Gasteiger partial charge in [-0.1, -0.05) is 18.7 Å². The molecule has 5 heteroatoms. The first-order chi connectivity index (χ1) is 6.26. The van der Waals surface area contributed by atoms with Crippen LogP contribution >= 0.6 is 11.8 Å². The van der Waals surface area contributed by atoms with Gasteiger partial charge in [-0.05, 0) is 19.6 Å². The second kappa shape index (κ2) is 5.01. The highest BCUT2D eigenvalue weighted by atomic mass is 32.2. The Morgan fingerprint density at radius 3 is 2.62 bits per heavy atom. The van der Waals surface area contributed by atoms with Crippen LogP contribution in [0.25, 0.3) is 0 Å². The van der Waals surface area contributed by atoms with Crippen LogP contribution in [-0.4, -0.2) is 27.2 Å². The molecule has 0 saturated heterocycles. The van der Waals surface area contributed by atoms with Crippen molar-refractivity contribution in [3.8, 4) is 0 Å². The smallest absolute Gasteiger partial charge is 0.226 e. The van der Waals surface area contributed by atoms with Gasteiger partial charge < -0.3 is 5.32 Å². The summed E-state index contributed by atoms with van der Waals surface area (Å²) >= 11 is 1.63. The van der Waals surface area contributed by atoms with E-state index in [-0.39, 0.29) is 0 Å². The van der Waals surface area contributed by atoms with E-state index < -0.39 is 0 Å². The lowest BCUT2D eigenvalue weighted by atomic mass is 10.7. The summed E-state index contributed by atoms with van der Waals surface area (Å²) in [5.41, 5.74) is 0. The summed E-state index contributed by atoms with van der Waals surface area (Å²) in [4.78, 5) is 12.6. The molecule has 0 radical (unpaired) electrons. The van der Waals surface area contributed by atoms with Gasteiger partial charge in [-0.3, -0.25) is 0 Å². The summed E-state index contributed by atoms with van der Waals surface area (Å²) in [5.74, 6) is 2.42. The van der Waals surface area contributed by atoms with Gasteiger partial charge in [0.25, 0.3) is 0 Å². The Morgan fingerprint density at radius 1 is 1.23 bits per heavy atom. The van der Waals surface area contributed by atoms with Crippen molar-refractivity contribution >= 4 is 17.7 Å². The molecule has 0 aromatic carbocycles. The number of aryl methyl sites for hydroxylation is 1. The maximum Gasteiger partial charge on any atom is 0.226 e. The largest absolute Gasteiger partial charge is 0.354 e. The van der Waals surface area contributed by atoms with Crippen LogP contribution in [0.2, 0.25) is 0 Å². The van der Waals surface area contributed by atoms with Gasteiger partial charge in [0.2, 0.25) is 5.95 Å². The van der Waals surface area contributed by atoms with E-state index in [1.165, 1.54) is 0 Å². The molecule has 0 aliphatic rings. The fraction of sp³-hybridized carbons (Fsp3) is 0.625. The number of aromatic nitrogens is 3. The van der Waals surface area contributed by atoms with Crippen LogP contribution < -0.4 is 5.32 Å². The van der Waals surface area contributed by atoms with E-state index in [2.05, 4.69) is 27.2 Å². The second-order valence-corrected chi connectivity index (χ2v) is 3.68. The summed E-state index contributed by atoms with van der Waals surface area (Å²) in [7, 11) is 0. The third-order valence-electron chi connectivity index (χ3n) is 1.34. The van der Waals surface area contributed by atoms with Crippen molar-refractivity contribution in [3.63, 3.8) is 0 Å². The van der Waals surface area contributed by atoms with Crippen molar-refractivity contribution in [2.75, 3.05) is 17.6 Å². The Bertz CT molecular complexity index is 253. The van der Waals surface area contributed by atoms with Crippen molar-refractivity contribution < 1.29 is 0 Å². The van der Waals surface area contributed by atoms with Gasteiger partial charge in [0.15, 0.2) is 5.16 Å². The molecule has 0 amide bonds. The zero-order chi connectivity index (χ0) is 9.68. The van der Waals surface area contributed by atoms with Gasteiger partial charge in [0.05, 0.1) is 0 Å². The molecule has 0 unspecified atom stereocenters. The molecule has 1 heterocycles. The lowest BCUT2D eigenvalue weighted by Gasteiger charge is -2.03. The molecule has 0 bridgehead atoms. The van der Waals surface area contributed by atoms with Crippen LogP contribution in [0.3, 0.4) is 0 Å². The number of hydrogen-bond donors (Lipinski definition) is 1. The Kier molecular flexibility index (Phi) is 3.95. The van der Waals surface area contributed by atoms with E-state index in [4.69, 9.17) is 0 Å². The zero-order valence-electron chi connectivity index (χ0n) is 8.16. The quantitative estimate of drug-likeness (QED) is 0.747. The zero-order valence-corrected chi connectivity index (χ0v) is 8.98. The first-order valence-corrected chi connectivity index (χ1v) is 5.34. The predicted octanol–water partition coefficient (Wildman–Crippen LogP) is 1.72. The lowest BCUT2D eigenvalue weighted by Crippen LogP contribution is -2.05. The number of rotatable bonds is 4. The fourth-order valence-electron chi connectivity index (χ4n) is 0.888. The van der Waals surface area contributed by atoms with E-state index in [1.807, 2.05) is 13.8 Å². The summed E-state index contributed by atoms with van der Waals surface area (Å²) in [5, 5.41) is 3.87. The Morgan fingerprint density at radius 2 is 2.00 bits per heavy atom. The summed E-state index contributed by atoms with van der Waals surface area (Å²) in [6.07, 6.45) is 0. The first kappa shape index (κ1) is 10.2. The molecule has 1 aromatic heterocycles. The van der Waals surface area contributed by atoms with Crippen molar-refractivity contribution in [1.82, 2.24) is 15.0 Å². The number of anilines is 1. The van der Waals surface area contributed by atoms with Crippen LogP contribution in [0.4, 0.5) is 5.95 Å². The molecule has 0 saturated carbocycles. The monoisotopic (exact) mass is 198 g/mol. The normalized spacial score (nSPS) is 10.1. The van der Waals surface area contributed by atoms with E-state index in [0.717, 1.165) is 23.3 Å². The second-order valence-electron chi connectivity index (χ2n) is 2.45. The minimum atomic E-state index is 0.672. The van der Waals surface area contributed by atoms with Crippen LogP contribution in [0.1, 0.15) is 19.7 Å². The molecule has 1 rings (SSSR count). The van der Waals surface area contributed by atoms with Gasteiger partial charge in [0, 0.05) is 6.54 Å². The lowest BCUT2D eigenvalue weighted by molar-refractivity contribution is 0.857. The standard InChI is InChI=1S/C8H14N4S/c1-4-9-7-10-6(3)11-8(12-7)13-5-2/h4-5H2,1-3H3,(H,9,10,11,12). The van der Waals surface area contributed by atoms with E-state index in [1.54, 1.807) is 11.8 Å². The Labute approximate surface area is 82.6 Å². The molecule has 0 fully saturated rings. The molecule has 1 aromatic rings. The minimum absolute atomic E-state index is 0.672. The van der Waals surface area contributed by atoms with Crippen molar-refractivity contribution in [2.24, 2.45) is 0 Å². The highest BCUT2D eigenvalue weighted by Crippen LogP contribution is 2.13. The number of hydrogen-bond acceptors (Lipinski definition) is 5. The molecular formula is C8H14N4S. The van der Waals surface area contributed by atoms with Crippen molar-refractivity contribution in [1.29, 1.82) is 0 Å². The van der Waals surface area contributed by atoms with Crippen LogP contribution in [-0.2, 0) is 0 Å². The molecule has 72 valence electrons. The van der Waals surface area contributed by atoms with Gasteiger partial charge in [-0.25, -0.2) is 4.98 Å². The van der Waals surface area contributed by atoms with Gasteiger partial charge in [-0.2, -0.15) is 9.97 Å². The Balaban J connectivity index is 2.83. The van der Waals surface area contributed by atoms with Crippen LogP contribution in [0, 0.1) is 6.92 Å². The van der Waals surface area contributed by atoms with Crippen molar-refractivity contribution in [2.45, 2.75) is 25.9 Å². The van der Waals surface area contributed by atoms with E-state index in [9.17, 15) is 0 Å². The van der Waals surface area contributed by atoms with E-state index >= 15 is 0 Å². The maximum atomic E-state index is 4.24. The first-order valence-electron chi connectivity index (χ1n) is 4.35. The fourth-order valence-corrected chi connectivity index (χ4v) is 1.49. The average molecular weight is 198 g/mol. The molecule has 13 heavy (non-hydrogen) atoms. The van der Waals surface area contributed by atoms with Crippen LogP contribution in [0.5, 0.6) is 0 Å². The predicted molar refractivity (Wildman–Crippen MR) is 55.1 cm³/mol. The molecule has 0 spiro atoms. The third kappa shape index (κ3) is 3.18. The molecule has 0 atom stereocenters. The summed E-state index contributed by atoms with van der Waals surface area (Å²) in [6, 6.07) is 0. The topological polar surface area (TPSA) is 50.7 Å². The van der Waals surface area contributed by atoms with Gasteiger partial charge in [0.1, 0.15) is 5.82 Å². The van der Waals surface area contributed by atoms with Gasteiger partial charge >= 0.3 is 0 Å². The number of nitrogens with one attached hydrogen (secondary N) is 1. The van der Waals surface area contributed by atoms with E-state index in [0.29, 0.717) is 5.95 Å². The average Bonchev–Trinajstić information content (AvgIpc) is 2.04. The number of nitrogens with zero attached hydrogens (tertiary/aromatic N) is 3. The summed E-state index contributed by atoms with van der Waals surface area (Å²) < 4.78 is 0. The Hall–Kier alpha value is -0.840. The van der Waals surface area contributed by atoms with Crippen molar-refractivity contribution in [3.05, 3.63) is 5.82 Å². The molecule has 0 aliphatic carbocycles. The molecule has 0 aliphatic heterocycles. The highest BCUT2D eigenvalue weighted by molar-refractivity contribution is 7.99. The number of thioether (sulfide) groups is 1. The maximum absolute atomic E-state index is 4.24. The summed E-state index contributed by atoms with van der Waals surface area (Å²) in [6.45, 7) is 6.81. The SMILES string of the molecule is CCNc1nc(C)nc(SCC)n1. The van der Waals surface area contributed by atoms with Gasteiger partial charge in [-0.15, -0.1) is 0 Å². The molecular weight excluding hydrogens is 184 g/mol.